The molecule has 2 saturated heterocycles. The smallest absolute Gasteiger partial charge is 0.241 e. The number of imide groups is 1. The van der Waals surface area contributed by atoms with Crippen molar-refractivity contribution >= 4 is 17.7 Å². The fourth-order valence-electron chi connectivity index (χ4n) is 4.35. The van der Waals surface area contributed by atoms with Gasteiger partial charge in [-0.1, -0.05) is 12.1 Å². The zero-order chi connectivity index (χ0) is 19.0. The summed E-state index contributed by atoms with van der Waals surface area (Å²) < 4.78 is 5.22. The predicted molar refractivity (Wildman–Crippen MR) is 99.2 cm³/mol. The Balaban J connectivity index is 1.67. The van der Waals surface area contributed by atoms with E-state index in [0.29, 0.717) is 5.75 Å². The monoisotopic (exact) mass is 370 g/mol. The van der Waals surface area contributed by atoms with Crippen LogP contribution in [0.1, 0.15) is 50.5 Å². The first-order chi connectivity index (χ1) is 13.0. The van der Waals surface area contributed by atoms with Crippen LogP contribution in [-0.4, -0.2) is 53.8 Å². The molecule has 6 heteroatoms. The van der Waals surface area contributed by atoms with Crippen LogP contribution in [0.15, 0.2) is 24.3 Å². The summed E-state index contributed by atoms with van der Waals surface area (Å²) in [4.78, 5) is 42.4. The maximum Gasteiger partial charge on any atom is 0.241 e. The molecule has 2 heterocycles. The number of benzene rings is 1. The first kappa shape index (κ1) is 18.0. The molecule has 0 bridgehead atoms. The van der Waals surface area contributed by atoms with Gasteiger partial charge < -0.3 is 9.64 Å². The second kappa shape index (κ2) is 6.98. The maximum atomic E-state index is 13.4. The third-order valence-electron chi connectivity index (χ3n) is 6.07. The van der Waals surface area contributed by atoms with E-state index in [1.54, 1.807) is 19.2 Å². The van der Waals surface area contributed by atoms with Crippen LogP contribution in [0.2, 0.25) is 0 Å². The Bertz CT molecular complexity index is 750. The summed E-state index contributed by atoms with van der Waals surface area (Å²) in [5.74, 6) is 0.312. The van der Waals surface area contributed by atoms with Gasteiger partial charge in [0, 0.05) is 32.0 Å². The molecule has 1 unspecified atom stereocenters. The minimum atomic E-state index is -1.08. The van der Waals surface area contributed by atoms with E-state index >= 15 is 0 Å². The lowest BCUT2D eigenvalue weighted by molar-refractivity contribution is -0.143. The summed E-state index contributed by atoms with van der Waals surface area (Å²) in [7, 11) is 1.59. The number of nitrogens with zero attached hydrogens (tertiary/aromatic N) is 2. The van der Waals surface area contributed by atoms with Crippen molar-refractivity contribution in [1.82, 2.24) is 9.80 Å². The molecule has 3 fully saturated rings. The molecule has 0 radical (unpaired) electrons. The minimum Gasteiger partial charge on any atom is -0.497 e. The van der Waals surface area contributed by atoms with Crippen LogP contribution in [0.3, 0.4) is 0 Å². The third kappa shape index (κ3) is 3.22. The molecule has 1 aromatic rings. The Hall–Kier alpha value is -2.37. The molecule has 3 aliphatic rings. The molecule has 4 rings (SSSR count). The highest BCUT2D eigenvalue weighted by molar-refractivity contribution is 6.11. The quantitative estimate of drug-likeness (QED) is 0.746. The molecular weight excluding hydrogens is 344 g/mol. The van der Waals surface area contributed by atoms with E-state index in [0.717, 1.165) is 50.8 Å². The Morgan fingerprint density at radius 1 is 1.11 bits per heavy atom. The summed E-state index contributed by atoms with van der Waals surface area (Å²) in [5, 5.41) is 0. The SMILES string of the molecule is COc1ccc(C2(CC(=O)N3CCCCC3)CC(=O)N(C3CC3)C2=O)cc1. The number of rotatable bonds is 5. The number of carbonyl (C=O) groups is 3. The summed E-state index contributed by atoms with van der Waals surface area (Å²) in [6, 6.07) is 7.25. The van der Waals surface area contributed by atoms with Crippen molar-refractivity contribution in [2.75, 3.05) is 20.2 Å². The minimum absolute atomic E-state index is 0.0233. The number of amides is 3. The van der Waals surface area contributed by atoms with Gasteiger partial charge in [-0.3, -0.25) is 19.3 Å². The van der Waals surface area contributed by atoms with Crippen LogP contribution in [0.5, 0.6) is 5.75 Å². The van der Waals surface area contributed by atoms with Gasteiger partial charge in [0.2, 0.25) is 17.7 Å². The fraction of sp³-hybridized carbons (Fsp3) is 0.571. The normalized spacial score (nSPS) is 25.8. The van der Waals surface area contributed by atoms with Gasteiger partial charge in [0.05, 0.1) is 12.5 Å². The van der Waals surface area contributed by atoms with E-state index in [1.165, 1.54) is 4.90 Å². The number of piperidine rings is 1. The summed E-state index contributed by atoms with van der Waals surface area (Å²) in [6.07, 6.45) is 5.03. The number of hydrogen-bond donors (Lipinski definition) is 0. The summed E-state index contributed by atoms with van der Waals surface area (Å²) >= 11 is 0. The lowest BCUT2D eigenvalue weighted by Crippen LogP contribution is -2.45. The average Bonchev–Trinajstić information content (AvgIpc) is 3.49. The fourth-order valence-corrected chi connectivity index (χ4v) is 4.35. The van der Waals surface area contributed by atoms with Crippen LogP contribution in [0.4, 0.5) is 0 Å². The van der Waals surface area contributed by atoms with E-state index < -0.39 is 5.41 Å². The molecule has 1 atom stereocenters. The molecule has 1 aliphatic carbocycles. The molecule has 3 amide bonds. The highest BCUT2D eigenvalue weighted by Crippen LogP contribution is 2.44. The molecule has 0 aromatic heterocycles. The molecule has 27 heavy (non-hydrogen) atoms. The van der Waals surface area contributed by atoms with Gasteiger partial charge in [-0.05, 0) is 49.8 Å². The highest BCUT2D eigenvalue weighted by atomic mass is 16.5. The largest absolute Gasteiger partial charge is 0.497 e. The first-order valence-corrected chi connectivity index (χ1v) is 9.84. The molecule has 6 nitrogen and oxygen atoms in total. The Kier molecular flexibility index (Phi) is 4.66. The molecule has 1 saturated carbocycles. The standard InChI is InChI=1S/C21H26N2O4/c1-27-17-9-5-15(6-10-17)21(13-18(24)22-11-3-2-4-12-22)14-19(25)23(20(21)26)16-7-8-16/h5-6,9-10,16H,2-4,7-8,11-14H2,1H3. The van der Waals surface area contributed by atoms with Crippen molar-refractivity contribution in [3.05, 3.63) is 29.8 Å². The number of methoxy groups -OCH3 is 1. The zero-order valence-electron chi connectivity index (χ0n) is 15.8. The lowest BCUT2D eigenvalue weighted by Gasteiger charge is -2.32. The molecule has 1 aromatic carbocycles. The first-order valence-electron chi connectivity index (χ1n) is 9.84. The van der Waals surface area contributed by atoms with Crippen LogP contribution >= 0.6 is 0 Å². The van der Waals surface area contributed by atoms with Gasteiger partial charge in [0.25, 0.3) is 0 Å². The molecular formula is C21H26N2O4. The van der Waals surface area contributed by atoms with Gasteiger partial charge >= 0.3 is 0 Å². The second-order valence-electron chi connectivity index (χ2n) is 7.91. The summed E-state index contributed by atoms with van der Waals surface area (Å²) in [5.41, 5.74) is -0.351. The van der Waals surface area contributed by atoms with Crippen molar-refractivity contribution < 1.29 is 19.1 Å². The Morgan fingerprint density at radius 2 is 1.78 bits per heavy atom. The van der Waals surface area contributed by atoms with E-state index in [4.69, 9.17) is 4.74 Å². The highest BCUT2D eigenvalue weighted by Gasteiger charge is 2.57. The predicted octanol–water partition coefficient (Wildman–Crippen LogP) is 2.26. The van der Waals surface area contributed by atoms with Gasteiger partial charge in [0.15, 0.2) is 0 Å². The number of carbonyl (C=O) groups excluding carboxylic acids is 3. The van der Waals surface area contributed by atoms with Crippen molar-refractivity contribution in [2.24, 2.45) is 0 Å². The molecule has 2 aliphatic heterocycles. The molecule has 144 valence electrons. The average molecular weight is 370 g/mol. The van der Waals surface area contributed by atoms with Crippen molar-refractivity contribution in [3.8, 4) is 5.75 Å². The lowest BCUT2D eigenvalue weighted by atomic mass is 9.75. The maximum absolute atomic E-state index is 13.4. The molecule has 0 spiro atoms. The Labute approximate surface area is 159 Å². The number of hydrogen-bond acceptors (Lipinski definition) is 4. The number of likely N-dealkylation sites (tertiary alicyclic amines) is 2. The van der Waals surface area contributed by atoms with Crippen LogP contribution in [0.25, 0.3) is 0 Å². The molecule has 0 N–H and O–H groups in total. The van der Waals surface area contributed by atoms with E-state index in [2.05, 4.69) is 0 Å². The van der Waals surface area contributed by atoms with Gasteiger partial charge in [-0.15, -0.1) is 0 Å². The van der Waals surface area contributed by atoms with Crippen molar-refractivity contribution in [3.63, 3.8) is 0 Å². The zero-order valence-corrected chi connectivity index (χ0v) is 15.8. The summed E-state index contributed by atoms with van der Waals surface area (Å²) in [6.45, 7) is 1.48. The van der Waals surface area contributed by atoms with Crippen LogP contribution < -0.4 is 4.74 Å². The van der Waals surface area contributed by atoms with Gasteiger partial charge in [-0.25, -0.2) is 0 Å². The van der Waals surface area contributed by atoms with E-state index in [9.17, 15) is 14.4 Å². The third-order valence-corrected chi connectivity index (χ3v) is 6.07. The van der Waals surface area contributed by atoms with Gasteiger partial charge in [-0.2, -0.15) is 0 Å². The van der Waals surface area contributed by atoms with Crippen LogP contribution in [-0.2, 0) is 19.8 Å². The number of ether oxygens (including phenoxy) is 1. The van der Waals surface area contributed by atoms with Crippen LogP contribution in [0, 0.1) is 0 Å². The van der Waals surface area contributed by atoms with E-state index in [1.807, 2.05) is 17.0 Å². The second-order valence-corrected chi connectivity index (χ2v) is 7.91. The van der Waals surface area contributed by atoms with Gasteiger partial charge in [0.1, 0.15) is 5.75 Å². The topological polar surface area (TPSA) is 66.9 Å². The van der Waals surface area contributed by atoms with Crippen molar-refractivity contribution in [1.29, 1.82) is 0 Å². The van der Waals surface area contributed by atoms with Crippen molar-refractivity contribution in [2.45, 2.75) is 56.4 Å². The van der Waals surface area contributed by atoms with E-state index in [-0.39, 0.29) is 36.6 Å². The Morgan fingerprint density at radius 3 is 2.37 bits per heavy atom.